The van der Waals surface area contributed by atoms with E-state index in [1.54, 1.807) is 48.5 Å². The number of nitrogens with two attached hydrogens (primary N) is 2. The van der Waals surface area contributed by atoms with Gasteiger partial charge in [0.15, 0.2) is 0 Å². The van der Waals surface area contributed by atoms with Crippen molar-refractivity contribution in [1.82, 2.24) is 9.44 Å². The second-order valence-electron chi connectivity index (χ2n) is 15.2. The van der Waals surface area contributed by atoms with E-state index in [1.165, 1.54) is 16.7 Å². The number of aryl methyl sites for hydroxylation is 5. The molecule has 7 rings (SSSR count). The average molecular weight is 954 g/mol. The van der Waals surface area contributed by atoms with Crippen molar-refractivity contribution in [2.75, 3.05) is 0 Å². The van der Waals surface area contributed by atoms with Gasteiger partial charge in [0, 0.05) is 19.5 Å². The number of sulfonamides is 2. The SMILES string of the molecule is Cc1cc(C)cc(C)c1.Cc1ccc(S(=O)(=O)N[C@@H](c2ccccc2)[C@@H](N)c2ccccc2)cc1.Cc1ccc(S(=O)(=O)N[C@@H](c2ccccc2)[C@@H](N)c2ccccc2)cc1.[Ru]. The maximum atomic E-state index is 12.9. The second-order valence-corrected chi connectivity index (χ2v) is 18.6. The van der Waals surface area contributed by atoms with Gasteiger partial charge in [-0.15, -0.1) is 0 Å². The fourth-order valence-electron chi connectivity index (χ4n) is 6.86. The molecular weight excluding hydrogens is 898 g/mol. The second kappa shape index (κ2) is 23.4. The number of hydrogen-bond donors (Lipinski definition) is 4. The van der Waals surface area contributed by atoms with E-state index in [1.807, 2.05) is 135 Å². The van der Waals surface area contributed by atoms with Crippen molar-refractivity contribution in [2.24, 2.45) is 11.5 Å². The van der Waals surface area contributed by atoms with Gasteiger partial charge >= 0.3 is 0 Å². The number of hydrogen-bond acceptors (Lipinski definition) is 6. The minimum atomic E-state index is -3.71. The first-order valence-electron chi connectivity index (χ1n) is 20.1. The molecule has 0 saturated heterocycles. The van der Waals surface area contributed by atoms with Gasteiger partial charge in [0.25, 0.3) is 0 Å². The van der Waals surface area contributed by atoms with E-state index < -0.39 is 44.2 Å². The molecule has 6 N–H and O–H groups in total. The molecule has 62 heavy (non-hydrogen) atoms. The molecule has 0 bridgehead atoms. The van der Waals surface area contributed by atoms with Crippen LogP contribution in [-0.4, -0.2) is 16.8 Å². The van der Waals surface area contributed by atoms with E-state index in [2.05, 4.69) is 48.4 Å². The van der Waals surface area contributed by atoms with Crippen LogP contribution in [0, 0.1) is 34.6 Å². The van der Waals surface area contributed by atoms with Gasteiger partial charge in [-0.1, -0.05) is 192 Å². The number of benzene rings is 7. The quantitative estimate of drug-likeness (QED) is 0.0898. The van der Waals surface area contributed by atoms with E-state index in [4.69, 9.17) is 11.5 Å². The van der Waals surface area contributed by atoms with Gasteiger partial charge in [-0.2, -0.15) is 0 Å². The summed E-state index contributed by atoms with van der Waals surface area (Å²) in [6, 6.07) is 55.7. The Labute approximate surface area is 381 Å². The molecule has 0 unspecified atom stereocenters. The fraction of sp³-hybridized carbons (Fsp3) is 0.176. The van der Waals surface area contributed by atoms with Crippen LogP contribution in [0.1, 0.15) is 74.2 Å². The molecule has 0 spiro atoms. The van der Waals surface area contributed by atoms with Crippen molar-refractivity contribution >= 4 is 20.0 Å². The summed E-state index contributed by atoms with van der Waals surface area (Å²) >= 11 is 0. The van der Waals surface area contributed by atoms with Crippen molar-refractivity contribution in [3.05, 3.63) is 238 Å². The monoisotopic (exact) mass is 954 g/mol. The normalized spacial score (nSPS) is 13.1. The molecule has 0 aromatic heterocycles. The Hall–Kier alpha value is -5.10. The van der Waals surface area contributed by atoms with Crippen molar-refractivity contribution in [1.29, 1.82) is 0 Å². The van der Waals surface area contributed by atoms with Crippen molar-refractivity contribution in [3.63, 3.8) is 0 Å². The van der Waals surface area contributed by atoms with Gasteiger partial charge in [-0.25, -0.2) is 26.3 Å². The molecule has 0 aliphatic rings. The van der Waals surface area contributed by atoms with Crippen LogP contribution in [-0.2, 0) is 39.5 Å². The Balaban J connectivity index is 0.000000224. The van der Waals surface area contributed by atoms with Crippen LogP contribution in [0.4, 0.5) is 0 Å². The van der Waals surface area contributed by atoms with E-state index in [9.17, 15) is 16.8 Å². The predicted molar refractivity (Wildman–Crippen MR) is 249 cm³/mol. The topological polar surface area (TPSA) is 144 Å². The molecule has 7 aromatic carbocycles. The van der Waals surface area contributed by atoms with Crippen LogP contribution >= 0.6 is 0 Å². The van der Waals surface area contributed by atoms with Crippen LogP contribution in [0.3, 0.4) is 0 Å². The van der Waals surface area contributed by atoms with Crippen LogP contribution in [0.25, 0.3) is 0 Å². The van der Waals surface area contributed by atoms with E-state index >= 15 is 0 Å². The van der Waals surface area contributed by atoms with Gasteiger partial charge in [-0.3, -0.25) is 0 Å². The summed E-state index contributed by atoms with van der Waals surface area (Å²) in [4.78, 5) is 0.452. The maximum Gasteiger partial charge on any atom is 0.241 e. The van der Waals surface area contributed by atoms with Crippen LogP contribution in [0.2, 0.25) is 0 Å². The molecule has 0 amide bonds. The van der Waals surface area contributed by atoms with Gasteiger partial charge in [0.1, 0.15) is 0 Å². The summed E-state index contributed by atoms with van der Waals surface area (Å²) in [5.41, 5.74) is 22.4. The minimum Gasteiger partial charge on any atom is -0.322 e. The Bertz CT molecular complexity index is 2420. The number of nitrogens with one attached hydrogen (secondary N) is 2. The molecule has 11 heteroatoms. The maximum absolute atomic E-state index is 12.9. The summed E-state index contributed by atoms with van der Waals surface area (Å²) in [5.74, 6) is 0. The van der Waals surface area contributed by atoms with Crippen molar-refractivity contribution in [2.45, 2.75) is 68.6 Å². The van der Waals surface area contributed by atoms with Crippen LogP contribution < -0.4 is 20.9 Å². The number of rotatable bonds is 12. The van der Waals surface area contributed by atoms with Gasteiger partial charge < -0.3 is 11.5 Å². The summed E-state index contributed by atoms with van der Waals surface area (Å²) in [6.45, 7) is 10.2. The molecule has 0 fully saturated rings. The molecule has 324 valence electrons. The first-order chi connectivity index (χ1) is 29.1. The predicted octanol–water partition coefficient (Wildman–Crippen LogP) is 10.0. The van der Waals surface area contributed by atoms with Gasteiger partial charge in [0.05, 0.1) is 34.0 Å². The summed E-state index contributed by atoms with van der Waals surface area (Å²) < 4.78 is 57.2. The molecule has 0 saturated carbocycles. The van der Waals surface area contributed by atoms with Crippen LogP contribution in [0.5, 0.6) is 0 Å². The van der Waals surface area contributed by atoms with Gasteiger partial charge in [-0.05, 0) is 81.1 Å². The summed E-state index contributed by atoms with van der Waals surface area (Å²) in [6.07, 6.45) is 0. The average Bonchev–Trinajstić information content (AvgIpc) is 3.26. The first-order valence-corrected chi connectivity index (χ1v) is 23.0. The molecule has 4 atom stereocenters. The third-order valence-corrected chi connectivity index (χ3v) is 12.9. The Morgan fingerprint density at radius 3 is 0.855 bits per heavy atom. The minimum absolute atomic E-state index is 0. The van der Waals surface area contributed by atoms with Crippen molar-refractivity contribution in [3.8, 4) is 0 Å². The van der Waals surface area contributed by atoms with E-state index in [0.717, 1.165) is 33.4 Å². The van der Waals surface area contributed by atoms with E-state index in [-0.39, 0.29) is 29.3 Å². The molecular formula is C51H56N4O4RuS2. The Morgan fingerprint density at radius 1 is 0.355 bits per heavy atom. The standard InChI is InChI=1S/2C21H22N2O2S.C9H12.Ru/c2*1-16-12-14-19(15-13-16)26(24,25)23-21(18-10-6-3-7-11-18)20(22)17-8-4-2-5-9-17;1-7-4-8(2)6-9(3)5-7;/h2*2-15,20-21,23H,22H2,1H3;4-6H,1-3H3;/t2*20-,21-;;/m00../s1. The summed E-state index contributed by atoms with van der Waals surface area (Å²) in [7, 11) is -7.41. The molecule has 0 aliphatic heterocycles. The van der Waals surface area contributed by atoms with Crippen molar-refractivity contribution < 1.29 is 36.3 Å². The third kappa shape index (κ3) is 14.5. The van der Waals surface area contributed by atoms with Crippen LogP contribution in [0.15, 0.2) is 198 Å². The molecule has 7 aromatic rings. The molecule has 0 heterocycles. The smallest absolute Gasteiger partial charge is 0.241 e. The van der Waals surface area contributed by atoms with Gasteiger partial charge in [0.2, 0.25) is 20.0 Å². The zero-order chi connectivity index (χ0) is 44.0. The Kier molecular flexibility index (Phi) is 18.7. The molecule has 8 nitrogen and oxygen atoms in total. The fourth-order valence-corrected chi connectivity index (χ4v) is 9.36. The summed E-state index contributed by atoms with van der Waals surface area (Å²) in [5, 5.41) is 0. The third-order valence-electron chi connectivity index (χ3n) is 10.00. The molecule has 0 aliphatic carbocycles. The largest absolute Gasteiger partial charge is 0.322 e. The zero-order valence-electron chi connectivity index (χ0n) is 35.7. The van der Waals surface area contributed by atoms with E-state index in [0.29, 0.717) is 0 Å². The molecule has 0 radical (unpaired) electrons. The Morgan fingerprint density at radius 2 is 0.597 bits per heavy atom. The zero-order valence-corrected chi connectivity index (χ0v) is 39.0. The first kappa shape index (κ1) is 49.6.